The molecule has 0 aromatic heterocycles. The summed E-state index contributed by atoms with van der Waals surface area (Å²) in [6.45, 7) is 4.64. The van der Waals surface area contributed by atoms with Crippen molar-refractivity contribution in [3.8, 4) is 0 Å². The van der Waals surface area contributed by atoms with Crippen LogP contribution in [0.4, 0.5) is 4.79 Å². The predicted molar refractivity (Wildman–Crippen MR) is 97.2 cm³/mol. The third kappa shape index (κ3) is 2.65. The minimum Gasteiger partial charge on any atom is -0.329 e. The molecule has 2 bridgehead atoms. The summed E-state index contributed by atoms with van der Waals surface area (Å²) in [7, 11) is -3.58. The average molecular weight is 397 g/mol. The van der Waals surface area contributed by atoms with Gasteiger partial charge in [-0.3, -0.25) is 14.5 Å². The Bertz CT molecular complexity index is 784. The van der Waals surface area contributed by atoms with Crippen LogP contribution < -0.4 is 5.32 Å². The van der Waals surface area contributed by atoms with Crippen LogP contribution >= 0.6 is 0 Å². The van der Waals surface area contributed by atoms with E-state index in [9.17, 15) is 22.8 Å². The van der Waals surface area contributed by atoms with Gasteiger partial charge in [0.1, 0.15) is 5.78 Å². The normalized spacial score (nSPS) is 34.5. The van der Waals surface area contributed by atoms with Crippen LogP contribution in [-0.4, -0.2) is 66.8 Å². The van der Waals surface area contributed by atoms with E-state index in [0.29, 0.717) is 25.7 Å². The minimum absolute atomic E-state index is 0.0121. The van der Waals surface area contributed by atoms with Gasteiger partial charge in [-0.1, -0.05) is 13.8 Å². The highest BCUT2D eigenvalue weighted by Gasteiger charge is 2.65. The lowest BCUT2D eigenvalue weighted by molar-refractivity contribution is -0.128. The Morgan fingerprint density at radius 3 is 2.26 bits per heavy atom. The Hall–Kier alpha value is -1.48. The number of fused-ring (bicyclic) bond motifs is 2. The van der Waals surface area contributed by atoms with Crippen molar-refractivity contribution in [2.75, 3.05) is 25.4 Å². The topological polar surface area (TPSA) is 104 Å². The van der Waals surface area contributed by atoms with Crippen LogP contribution in [0.5, 0.6) is 0 Å². The monoisotopic (exact) mass is 397 g/mol. The Morgan fingerprint density at radius 1 is 1.11 bits per heavy atom. The highest BCUT2D eigenvalue weighted by molar-refractivity contribution is 7.89. The maximum atomic E-state index is 13.1. The molecule has 4 fully saturated rings. The van der Waals surface area contributed by atoms with E-state index in [4.69, 9.17) is 0 Å². The van der Waals surface area contributed by atoms with Gasteiger partial charge in [-0.25, -0.2) is 17.5 Å². The second-order valence-electron chi connectivity index (χ2n) is 8.98. The Balaban J connectivity index is 1.46. The summed E-state index contributed by atoms with van der Waals surface area (Å²) in [4.78, 5) is 37.6. The molecule has 2 aliphatic carbocycles. The van der Waals surface area contributed by atoms with Crippen molar-refractivity contribution in [1.82, 2.24) is 14.5 Å². The molecule has 2 aliphatic heterocycles. The van der Waals surface area contributed by atoms with Crippen LogP contribution in [0.25, 0.3) is 0 Å². The Labute approximate surface area is 159 Å². The number of piperidine rings is 1. The fourth-order valence-electron chi connectivity index (χ4n) is 5.69. The minimum atomic E-state index is -3.58. The molecule has 8 nitrogen and oxygen atoms in total. The van der Waals surface area contributed by atoms with Gasteiger partial charge in [-0.2, -0.15) is 0 Å². The molecule has 0 spiro atoms. The van der Waals surface area contributed by atoms with Crippen molar-refractivity contribution in [3.05, 3.63) is 0 Å². The quantitative estimate of drug-likeness (QED) is 0.704. The standard InChI is InChI=1S/C18H27N3O5S/c1-17(2)12-3-6-18(17,14(22)9-12)11-27(25,26)20-7-4-13(5-8-20)21-15(23)10-19-16(21)24/h12-13H,3-11H2,1-2H3,(H,19,24). The van der Waals surface area contributed by atoms with Crippen LogP contribution in [-0.2, 0) is 19.6 Å². The van der Waals surface area contributed by atoms with Crippen LogP contribution in [0.3, 0.4) is 0 Å². The van der Waals surface area contributed by atoms with Gasteiger partial charge in [0.15, 0.2) is 0 Å². The second kappa shape index (κ2) is 6.01. The molecule has 0 aromatic rings. The molecule has 9 heteroatoms. The van der Waals surface area contributed by atoms with E-state index in [1.54, 1.807) is 0 Å². The highest BCUT2D eigenvalue weighted by Crippen LogP contribution is 2.64. The number of amides is 3. The summed E-state index contributed by atoms with van der Waals surface area (Å²) in [5, 5.41) is 2.51. The smallest absolute Gasteiger partial charge is 0.324 e. The Kier molecular flexibility index (Phi) is 4.20. The fourth-order valence-corrected chi connectivity index (χ4v) is 7.94. The van der Waals surface area contributed by atoms with Crippen molar-refractivity contribution in [2.45, 2.75) is 52.0 Å². The first-order chi connectivity index (χ1) is 12.6. The number of carbonyl (C=O) groups is 3. The SMILES string of the molecule is CC1(C)C2CCC1(CS(=O)(=O)N1CCC(N3C(=O)CNC3=O)CC1)C(=O)C2. The van der Waals surface area contributed by atoms with Crippen molar-refractivity contribution >= 4 is 27.7 Å². The summed E-state index contributed by atoms with van der Waals surface area (Å²) in [5.41, 5.74) is -1.05. The number of carbonyl (C=O) groups excluding carboxylic acids is 3. The van der Waals surface area contributed by atoms with Crippen LogP contribution in [0.2, 0.25) is 0 Å². The summed E-state index contributed by atoms with van der Waals surface area (Å²) >= 11 is 0. The third-order valence-corrected chi connectivity index (χ3v) is 9.64. The highest BCUT2D eigenvalue weighted by atomic mass is 32.2. The number of hydrogen-bond acceptors (Lipinski definition) is 5. The molecular weight excluding hydrogens is 370 g/mol. The van der Waals surface area contributed by atoms with Gasteiger partial charge < -0.3 is 5.32 Å². The number of sulfonamides is 1. The number of nitrogens with one attached hydrogen (secondary N) is 1. The average Bonchev–Trinajstić information content (AvgIpc) is 3.12. The van der Waals surface area contributed by atoms with Crippen LogP contribution in [0.15, 0.2) is 0 Å². The second-order valence-corrected chi connectivity index (χ2v) is 10.9. The van der Waals surface area contributed by atoms with E-state index in [1.165, 1.54) is 9.21 Å². The molecule has 2 unspecified atom stereocenters. The first kappa shape index (κ1) is 18.9. The molecule has 4 aliphatic rings. The fraction of sp³-hybridized carbons (Fsp3) is 0.833. The van der Waals surface area contributed by atoms with E-state index in [2.05, 4.69) is 5.32 Å². The molecule has 2 saturated heterocycles. The van der Waals surface area contributed by atoms with Gasteiger partial charge in [0.05, 0.1) is 12.3 Å². The molecule has 1 N–H and O–H groups in total. The number of imide groups is 1. The van der Waals surface area contributed by atoms with Crippen molar-refractivity contribution in [1.29, 1.82) is 0 Å². The van der Waals surface area contributed by atoms with Gasteiger partial charge in [-0.15, -0.1) is 0 Å². The molecule has 4 rings (SSSR count). The lowest BCUT2D eigenvalue weighted by Crippen LogP contribution is -2.52. The molecule has 3 amide bonds. The maximum absolute atomic E-state index is 13.1. The zero-order valence-electron chi connectivity index (χ0n) is 15.9. The number of nitrogens with zero attached hydrogens (tertiary/aromatic N) is 2. The van der Waals surface area contributed by atoms with E-state index < -0.39 is 21.5 Å². The lowest BCUT2D eigenvalue weighted by Gasteiger charge is -2.39. The van der Waals surface area contributed by atoms with Crippen LogP contribution in [0, 0.1) is 16.7 Å². The summed E-state index contributed by atoms with van der Waals surface area (Å²) in [5.74, 6) is 0.0125. The summed E-state index contributed by atoms with van der Waals surface area (Å²) < 4.78 is 27.7. The van der Waals surface area contributed by atoms with Crippen molar-refractivity contribution < 1.29 is 22.8 Å². The molecule has 2 saturated carbocycles. The maximum Gasteiger partial charge on any atom is 0.324 e. The number of hydrogen-bond donors (Lipinski definition) is 1. The van der Waals surface area contributed by atoms with Gasteiger partial charge in [0, 0.05) is 31.0 Å². The zero-order chi connectivity index (χ0) is 19.6. The first-order valence-corrected chi connectivity index (χ1v) is 11.3. The number of ketones is 1. The van der Waals surface area contributed by atoms with E-state index in [1.807, 2.05) is 13.8 Å². The van der Waals surface area contributed by atoms with Gasteiger partial charge in [0.25, 0.3) is 0 Å². The van der Waals surface area contributed by atoms with E-state index in [0.717, 1.165) is 6.42 Å². The molecule has 27 heavy (non-hydrogen) atoms. The summed E-state index contributed by atoms with van der Waals surface area (Å²) in [6.07, 6.45) is 2.94. The van der Waals surface area contributed by atoms with Crippen LogP contribution in [0.1, 0.15) is 46.0 Å². The molecule has 150 valence electrons. The molecule has 0 radical (unpaired) electrons. The third-order valence-electron chi connectivity index (χ3n) is 7.63. The van der Waals surface area contributed by atoms with E-state index >= 15 is 0 Å². The summed E-state index contributed by atoms with van der Waals surface area (Å²) in [6, 6.07) is -0.652. The number of rotatable bonds is 4. The van der Waals surface area contributed by atoms with Crippen molar-refractivity contribution in [3.63, 3.8) is 0 Å². The predicted octanol–water partition coefficient (Wildman–Crippen LogP) is 0.728. The Morgan fingerprint density at radius 2 is 1.78 bits per heavy atom. The van der Waals surface area contributed by atoms with Gasteiger partial charge in [0.2, 0.25) is 15.9 Å². The lowest BCUT2D eigenvalue weighted by atomic mass is 9.70. The van der Waals surface area contributed by atoms with Crippen molar-refractivity contribution in [2.24, 2.45) is 16.7 Å². The van der Waals surface area contributed by atoms with E-state index in [-0.39, 0.29) is 54.5 Å². The zero-order valence-corrected chi connectivity index (χ0v) is 16.7. The first-order valence-electron chi connectivity index (χ1n) is 9.69. The number of Topliss-reactive ketones (excluding diaryl/α,β-unsaturated/α-hetero) is 1. The molecule has 2 heterocycles. The number of urea groups is 1. The van der Waals surface area contributed by atoms with Gasteiger partial charge >= 0.3 is 6.03 Å². The van der Waals surface area contributed by atoms with Gasteiger partial charge in [-0.05, 0) is 37.0 Å². The molecule has 2 atom stereocenters. The molecular formula is C18H27N3O5S. The largest absolute Gasteiger partial charge is 0.329 e. The molecule has 0 aromatic carbocycles.